The summed E-state index contributed by atoms with van der Waals surface area (Å²) in [6.45, 7) is 0. The Kier molecular flexibility index (Phi) is 3.98. The minimum atomic E-state index is -4.74. The van der Waals surface area contributed by atoms with Gasteiger partial charge < -0.3 is 15.8 Å². The Hall–Kier alpha value is -2.03. The Balaban J connectivity index is 2.17. The van der Waals surface area contributed by atoms with Gasteiger partial charge in [0.25, 0.3) is 0 Å². The summed E-state index contributed by atoms with van der Waals surface area (Å²) in [7, 11) is 0. The lowest BCUT2D eigenvalue weighted by Crippen LogP contribution is -2.17. The molecule has 0 radical (unpaired) electrons. The Labute approximate surface area is 120 Å². The average Bonchev–Trinajstić information content (AvgIpc) is 2.31. The number of ether oxygens (including phenoxy) is 1. The molecule has 2 aromatic rings. The maximum absolute atomic E-state index is 12.1. The largest absolute Gasteiger partial charge is 0.573 e. The van der Waals surface area contributed by atoms with Crippen LogP contribution in [0.2, 0.25) is 0 Å². The molecular weight excluding hydrogens is 341 g/mol. The van der Waals surface area contributed by atoms with Crippen LogP contribution in [-0.4, -0.2) is 16.3 Å². The van der Waals surface area contributed by atoms with Crippen LogP contribution in [0.1, 0.15) is 0 Å². The summed E-state index contributed by atoms with van der Waals surface area (Å²) in [5, 5.41) is 2.81. The molecule has 1 heterocycles. The van der Waals surface area contributed by atoms with E-state index >= 15 is 0 Å². The van der Waals surface area contributed by atoms with E-state index in [2.05, 4.69) is 36.0 Å². The first-order chi connectivity index (χ1) is 9.33. The van der Waals surface area contributed by atoms with Crippen molar-refractivity contribution < 1.29 is 17.9 Å². The average molecular weight is 349 g/mol. The molecule has 5 nitrogen and oxygen atoms in total. The fourth-order valence-corrected chi connectivity index (χ4v) is 1.81. The number of nitrogens with one attached hydrogen (secondary N) is 1. The van der Waals surface area contributed by atoms with Gasteiger partial charge in [0.05, 0.1) is 4.47 Å². The Bertz CT molecular complexity index is 621. The first-order valence-electron chi connectivity index (χ1n) is 5.24. The smallest absolute Gasteiger partial charge is 0.405 e. The number of rotatable bonds is 3. The molecule has 2 rings (SSSR count). The van der Waals surface area contributed by atoms with E-state index in [4.69, 9.17) is 5.73 Å². The van der Waals surface area contributed by atoms with E-state index in [1.54, 1.807) is 0 Å². The Morgan fingerprint density at radius 2 is 2.00 bits per heavy atom. The van der Waals surface area contributed by atoms with Crippen molar-refractivity contribution in [2.45, 2.75) is 6.36 Å². The van der Waals surface area contributed by atoms with Crippen LogP contribution in [0, 0.1) is 0 Å². The normalized spacial score (nSPS) is 11.2. The fraction of sp³-hybridized carbons (Fsp3) is 0.0909. The van der Waals surface area contributed by atoms with Crippen molar-refractivity contribution in [1.29, 1.82) is 0 Å². The van der Waals surface area contributed by atoms with Gasteiger partial charge in [0.2, 0.25) is 5.95 Å². The van der Waals surface area contributed by atoms with Crippen molar-refractivity contribution in [2.24, 2.45) is 0 Å². The Morgan fingerprint density at radius 3 is 2.60 bits per heavy atom. The van der Waals surface area contributed by atoms with E-state index in [1.165, 1.54) is 30.5 Å². The maximum Gasteiger partial charge on any atom is 0.573 e. The van der Waals surface area contributed by atoms with Crippen LogP contribution >= 0.6 is 15.9 Å². The summed E-state index contributed by atoms with van der Waals surface area (Å²) in [6, 6.07) is 5.50. The van der Waals surface area contributed by atoms with Gasteiger partial charge in [-0.3, -0.25) is 0 Å². The molecule has 20 heavy (non-hydrogen) atoms. The third kappa shape index (κ3) is 3.98. The zero-order valence-corrected chi connectivity index (χ0v) is 11.4. The summed E-state index contributed by atoms with van der Waals surface area (Å²) in [6.07, 6.45) is -3.28. The van der Waals surface area contributed by atoms with Crippen LogP contribution in [-0.2, 0) is 0 Å². The molecule has 1 aromatic heterocycles. The molecule has 0 unspecified atom stereocenters. The minimum absolute atomic E-state index is 0.142. The van der Waals surface area contributed by atoms with Gasteiger partial charge in [0, 0.05) is 11.9 Å². The highest BCUT2D eigenvalue weighted by Gasteiger charge is 2.31. The quantitative estimate of drug-likeness (QED) is 0.888. The molecule has 3 N–H and O–H groups in total. The Morgan fingerprint density at radius 1 is 1.25 bits per heavy atom. The lowest BCUT2D eigenvalue weighted by atomic mass is 10.3. The van der Waals surface area contributed by atoms with Crippen molar-refractivity contribution in [3.63, 3.8) is 0 Å². The number of halogens is 4. The first-order valence-corrected chi connectivity index (χ1v) is 6.03. The number of hydrogen-bond acceptors (Lipinski definition) is 5. The highest BCUT2D eigenvalue weighted by atomic mass is 79.9. The molecular formula is C11H8BrF3N4O. The van der Waals surface area contributed by atoms with Crippen molar-refractivity contribution in [3.8, 4) is 5.75 Å². The molecule has 0 aliphatic heterocycles. The van der Waals surface area contributed by atoms with Crippen molar-refractivity contribution >= 4 is 33.4 Å². The van der Waals surface area contributed by atoms with E-state index in [1.807, 2.05) is 0 Å². The third-order valence-corrected chi connectivity index (χ3v) is 2.71. The van der Waals surface area contributed by atoms with E-state index in [0.29, 0.717) is 5.69 Å². The molecule has 0 aliphatic rings. The second kappa shape index (κ2) is 5.53. The van der Waals surface area contributed by atoms with Gasteiger partial charge in [0.15, 0.2) is 0 Å². The monoisotopic (exact) mass is 348 g/mol. The molecule has 0 saturated carbocycles. The maximum atomic E-state index is 12.1. The summed E-state index contributed by atoms with van der Waals surface area (Å²) in [4.78, 5) is 7.83. The van der Waals surface area contributed by atoms with Gasteiger partial charge in [-0.15, -0.1) is 13.2 Å². The highest BCUT2D eigenvalue weighted by molar-refractivity contribution is 9.10. The van der Waals surface area contributed by atoms with Crippen molar-refractivity contribution in [3.05, 3.63) is 34.9 Å². The van der Waals surface area contributed by atoms with Gasteiger partial charge in [-0.25, -0.2) is 4.98 Å². The summed E-state index contributed by atoms with van der Waals surface area (Å²) in [5.74, 6) is 0.177. The number of nitrogen functional groups attached to an aromatic ring is 1. The van der Waals surface area contributed by atoms with Crippen LogP contribution in [0.3, 0.4) is 0 Å². The zero-order chi connectivity index (χ0) is 14.8. The van der Waals surface area contributed by atoms with Gasteiger partial charge >= 0.3 is 6.36 Å². The SMILES string of the molecule is Nc1ccnc(Nc2ccc(OC(F)(F)F)c(Br)c2)n1. The molecule has 0 atom stereocenters. The van der Waals surface area contributed by atoms with E-state index < -0.39 is 6.36 Å². The molecule has 0 amide bonds. The molecule has 0 spiro atoms. The first kappa shape index (κ1) is 14.4. The fourth-order valence-electron chi connectivity index (χ4n) is 1.35. The van der Waals surface area contributed by atoms with E-state index in [9.17, 15) is 13.2 Å². The second-order valence-electron chi connectivity index (χ2n) is 3.62. The van der Waals surface area contributed by atoms with Gasteiger partial charge in [-0.2, -0.15) is 4.98 Å². The van der Waals surface area contributed by atoms with Crippen LogP contribution < -0.4 is 15.8 Å². The number of aromatic nitrogens is 2. The lowest BCUT2D eigenvalue weighted by Gasteiger charge is -2.12. The topological polar surface area (TPSA) is 73.1 Å². The molecule has 0 saturated heterocycles. The van der Waals surface area contributed by atoms with E-state index in [-0.39, 0.29) is 22.0 Å². The minimum Gasteiger partial charge on any atom is -0.405 e. The predicted molar refractivity (Wildman–Crippen MR) is 70.6 cm³/mol. The van der Waals surface area contributed by atoms with E-state index in [0.717, 1.165) is 0 Å². The number of nitrogens with two attached hydrogens (primary N) is 1. The number of anilines is 3. The van der Waals surface area contributed by atoms with Gasteiger partial charge in [-0.1, -0.05) is 0 Å². The zero-order valence-electron chi connectivity index (χ0n) is 9.78. The van der Waals surface area contributed by atoms with Gasteiger partial charge in [-0.05, 0) is 40.2 Å². The van der Waals surface area contributed by atoms with Crippen LogP contribution in [0.4, 0.5) is 30.6 Å². The summed E-state index contributed by atoms with van der Waals surface area (Å²) in [5.41, 5.74) is 5.97. The van der Waals surface area contributed by atoms with Crippen LogP contribution in [0.15, 0.2) is 34.9 Å². The standard InChI is InChI=1S/C11H8BrF3N4O/c12-7-5-6(1-2-8(7)20-11(13,14)15)18-10-17-4-3-9(16)19-10/h1-5H,(H3,16,17,18,19). The number of benzene rings is 1. The number of nitrogens with zero attached hydrogens (tertiary/aromatic N) is 2. The predicted octanol–water partition coefficient (Wildman–Crippen LogP) is 3.46. The summed E-state index contributed by atoms with van der Waals surface area (Å²) >= 11 is 3.00. The van der Waals surface area contributed by atoms with Crippen molar-refractivity contribution in [1.82, 2.24) is 9.97 Å². The molecule has 0 fully saturated rings. The van der Waals surface area contributed by atoms with Gasteiger partial charge in [0.1, 0.15) is 11.6 Å². The third-order valence-electron chi connectivity index (χ3n) is 2.09. The lowest BCUT2D eigenvalue weighted by molar-refractivity contribution is -0.274. The number of alkyl halides is 3. The molecule has 1 aromatic carbocycles. The van der Waals surface area contributed by atoms with Crippen LogP contribution in [0.5, 0.6) is 5.75 Å². The molecule has 0 aliphatic carbocycles. The number of hydrogen-bond donors (Lipinski definition) is 2. The molecule has 0 bridgehead atoms. The second-order valence-corrected chi connectivity index (χ2v) is 4.48. The molecule has 9 heteroatoms. The van der Waals surface area contributed by atoms with Crippen LogP contribution in [0.25, 0.3) is 0 Å². The summed E-state index contributed by atoms with van der Waals surface area (Å²) < 4.78 is 40.3. The highest BCUT2D eigenvalue weighted by Crippen LogP contribution is 2.32. The molecule has 106 valence electrons. The van der Waals surface area contributed by atoms with Crippen molar-refractivity contribution in [2.75, 3.05) is 11.1 Å².